The minimum absolute atomic E-state index is 0.0987. The summed E-state index contributed by atoms with van der Waals surface area (Å²) in [5.41, 5.74) is 3.28. The molecule has 0 spiro atoms. The zero-order chi connectivity index (χ0) is 25.9. The van der Waals surface area contributed by atoms with Gasteiger partial charge in [-0.2, -0.15) is 0 Å². The number of rotatable bonds is 12. The zero-order valence-corrected chi connectivity index (χ0v) is 21.3. The lowest BCUT2D eigenvalue weighted by Crippen LogP contribution is -2.46. The number of ether oxygens (including phenoxy) is 4. The van der Waals surface area contributed by atoms with Gasteiger partial charge in [0.15, 0.2) is 0 Å². The maximum absolute atomic E-state index is 11.6. The fraction of sp³-hybridized carbons (Fsp3) is 0.367. The van der Waals surface area contributed by atoms with Gasteiger partial charge in [-0.25, -0.2) is 4.79 Å². The average Bonchev–Trinajstić information content (AvgIpc) is 2.94. The Balaban J connectivity index is 1.28. The molecule has 0 aliphatic carbocycles. The van der Waals surface area contributed by atoms with E-state index in [4.69, 9.17) is 18.9 Å². The van der Waals surface area contributed by atoms with E-state index in [1.165, 1.54) is 10.5 Å². The number of hydrogen-bond donors (Lipinski definition) is 1. The minimum atomic E-state index is -0.912. The van der Waals surface area contributed by atoms with Crippen molar-refractivity contribution in [2.24, 2.45) is 0 Å². The molecule has 1 saturated heterocycles. The monoisotopic (exact) mass is 505 g/mol. The van der Waals surface area contributed by atoms with Crippen molar-refractivity contribution in [3.8, 4) is 11.5 Å². The van der Waals surface area contributed by atoms with Crippen molar-refractivity contribution in [2.45, 2.75) is 38.1 Å². The molecule has 0 radical (unpaired) electrons. The molecule has 0 aromatic heterocycles. The molecule has 0 bridgehead atoms. The largest absolute Gasteiger partial charge is 0.497 e. The number of carbonyl (C=O) groups is 1. The summed E-state index contributed by atoms with van der Waals surface area (Å²) in [6, 6.07) is 25.9. The molecule has 1 amide bonds. The van der Waals surface area contributed by atoms with Gasteiger partial charge in [-0.1, -0.05) is 54.6 Å². The molecular weight excluding hydrogens is 470 g/mol. The molecule has 1 fully saturated rings. The van der Waals surface area contributed by atoms with Crippen LogP contribution in [0.15, 0.2) is 78.9 Å². The highest BCUT2D eigenvalue weighted by Gasteiger charge is 2.33. The second-order valence-corrected chi connectivity index (χ2v) is 9.13. The Morgan fingerprint density at radius 3 is 2.46 bits per heavy atom. The highest BCUT2D eigenvalue weighted by Crippen LogP contribution is 2.32. The van der Waals surface area contributed by atoms with Gasteiger partial charge in [0.1, 0.15) is 11.5 Å². The van der Waals surface area contributed by atoms with E-state index in [1.54, 1.807) is 7.11 Å². The SMILES string of the molecule is COc1cccc(COC2CN(C(=O)O)CCC2c2ccc(OCCCOCc3ccccc3)cc2)c1. The molecule has 1 aliphatic heterocycles. The predicted octanol–water partition coefficient (Wildman–Crippen LogP) is 5.73. The molecule has 3 aromatic carbocycles. The number of carboxylic acid groups (broad SMARTS) is 1. The third-order valence-corrected chi connectivity index (χ3v) is 6.55. The molecule has 3 aromatic rings. The van der Waals surface area contributed by atoms with Gasteiger partial charge < -0.3 is 29.0 Å². The molecule has 2 atom stereocenters. The first-order valence-electron chi connectivity index (χ1n) is 12.7. The number of piperidine rings is 1. The van der Waals surface area contributed by atoms with Crippen LogP contribution in [-0.4, -0.2) is 55.6 Å². The molecule has 2 unspecified atom stereocenters. The van der Waals surface area contributed by atoms with Crippen LogP contribution in [0.2, 0.25) is 0 Å². The number of methoxy groups -OCH3 is 1. The van der Waals surface area contributed by atoms with Crippen LogP contribution in [0.5, 0.6) is 11.5 Å². The second-order valence-electron chi connectivity index (χ2n) is 9.13. The highest BCUT2D eigenvalue weighted by atomic mass is 16.5. The topological polar surface area (TPSA) is 77.5 Å². The van der Waals surface area contributed by atoms with Gasteiger partial charge in [0.25, 0.3) is 0 Å². The van der Waals surface area contributed by atoms with Crippen molar-refractivity contribution in [1.29, 1.82) is 0 Å². The van der Waals surface area contributed by atoms with Crippen LogP contribution in [0.3, 0.4) is 0 Å². The van der Waals surface area contributed by atoms with Crippen molar-refractivity contribution in [3.05, 3.63) is 95.6 Å². The number of benzene rings is 3. The smallest absolute Gasteiger partial charge is 0.407 e. The maximum Gasteiger partial charge on any atom is 0.407 e. The van der Waals surface area contributed by atoms with E-state index in [0.717, 1.165) is 29.0 Å². The van der Waals surface area contributed by atoms with Crippen molar-refractivity contribution in [1.82, 2.24) is 4.90 Å². The predicted molar refractivity (Wildman–Crippen MR) is 141 cm³/mol. The summed E-state index contributed by atoms with van der Waals surface area (Å²) in [6.45, 7) is 3.04. The van der Waals surface area contributed by atoms with Gasteiger partial charge >= 0.3 is 6.09 Å². The van der Waals surface area contributed by atoms with Crippen molar-refractivity contribution in [3.63, 3.8) is 0 Å². The Kier molecular flexibility index (Phi) is 9.80. The summed E-state index contributed by atoms with van der Waals surface area (Å²) in [6.07, 6.45) is 0.353. The Morgan fingerprint density at radius 1 is 0.919 bits per heavy atom. The molecule has 196 valence electrons. The van der Waals surface area contributed by atoms with Crippen LogP contribution in [0.25, 0.3) is 0 Å². The van der Waals surface area contributed by atoms with Crippen molar-refractivity contribution in [2.75, 3.05) is 33.4 Å². The van der Waals surface area contributed by atoms with E-state index >= 15 is 0 Å². The van der Waals surface area contributed by atoms with Gasteiger partial charge in [0.2, 0.25) is 0 Å². The molecule has 1 aliphatic rings. The van der Waals surface area contributed by atoms with Crippen LogP contribution in [0, 0.1) is 0 Å². The van der Waals surface area contributed by atoms with E-state index in [9.17, 15) is 9.90 Å². The van der Waals surface area contributed by atoms with E-state index in [-0.39, 0.29) is 12.0 Å². The summed E-state index contributed by atoms with van der Waals surface area (Å²) in [5.74, 6) is 1.68. The molecular formula is C30H35NO6. The van der Waals surface area contributed by atoms with Crippen molar-refractivity contribution >= 4 is 6.09 Å². The molecule has 4 rings (SSSR count). The van der Waals surface area contributed by atoms with Gasteiger partial charge in [-0.15, -0.1) is 0 Å². The summed E-state index contributed by atoms with van der Waals surface area (Å²) >= 11 is 0. The molecule has 0 saturated carbocycles. The van der Waals surface area contributed by atoms with Gasteiger partial charge in [-0.3, -0.25) is 0 Å². The molecule has 1 heterocycles. The number of nitrogens with zero attached hydrogens (tertiary/aromatic N) is 1. The van der Waals surface area contributed by atoms with Crippen LogP contribution < -0.4 is 9.47 Å². The van der Waals surface area contributed by atoms with Crippen LogP contribution in [0.4, 0.5) is 4.79 Å². The standard InChI is InChI=1S/C30H35NO6/c1-34-27-10-5-9-24(19-27)22-37-29-20-31(30(32)33)16-15-28(29)25-11-13-26(14-12-25)36-18-6-17-35-21-23-7-3-2-4-8-23/h2-5,7-14,19,28-29H,6,15-18,20-22H2,1H3,(H,32,33). The fourth-order valence-corrected chi connectivity index (χ4v) is 4.53. The Hall–Kier alpha value is -3.55. The van der Waals surface area contributed by atoms with E-state index < -0.39 is 6.09 Å². The quantitative estimate of drug-likeness (QED) is 0.317. The lowest BCUT2D eigenvalue weighted by Gasteiger charge is -2.37. The Labute approximate surface area is 218 Å². The maximum atomic E-state index is 11.6. The van der Waals surface area contributed by atoms with Gasteiger partial charge in [0.05, 0.1) is 46.2 Å². The number of likely N-dealkylation sites (tertiary alicyclic amines) is 1. The van der Waals surface area contributed by atoms with Gasteiger partial charge in [0, 0.05) is 18.9 Å². The molecule has 1 N–H and O–H groups in total. The third kappa shape index (κ3) is 7.97. The van der Waals surface area contributed by atoms with E-state index in [0.29, 0.717) is 45.9 Å². The van der Waals surface area contributed by atoms with Crippen molar-refractivity contribution < 1.29 is 28.8 Å². The van der Waals surface area contributed by atoms with E-state index in [2.05, 4.69) is 24.3 Å². The first-order valence-corrected chi connectivity index (χ1v) is 12.7. The zero-order valence-electron chi connectivity index (χ0n) is 21.3. The normalized spacial score (nSPS) is 17.4. The second kappa shape index (κ2) is 13.7. The first-order chi connectivity index (χ1) is 18.1. The Morgan fingerprint density at radius 2 is 1.70 bits per heavy atom. The Bertz CT molecular complexity index is 1100. The minimum Gasteiger partial charge on any atom is -0.497 e. The lowest BCUT2D eigenvalue weighted by molar-refractivity contribution is -0.0200. The molecule has 37 heavy (non-hydrogen) atoms. The van der Waals surface area contributed by atoms with Crippen LogP contribution in [-0.2, 0) is 22.7 Å². The summed E-state index contributed by atoms with van der Waals surface area (Å²) < 4.78 is 23.2. The number of amides is 1. The van der Waals surface area contributed by atoms with Gasteiger partial charge in [-0.05, 0) is 47.4 Å². The molecule has 7 nitrogen and oxygen atoms in total. The first kappa shape index (κ1) is 26.5. The lowest BCUT2D eigenvalue weighted by atomic mass is 9.87. The average molecular weight is 506 g/mol. The van der Waals surface area contributed by atoms with Crippen LogP contribution in [0.1, 0.15) is 35.4 Å². The third-order valence-electron chi connectivity index (χ3n) is 6.55. The summed E-state index contributed by atoms with van der Waals surface area (Å²) in [7, 11) is 1.63. The molecule has 7 heteroatoms. The van der Waals surface area contributed by atoms with E-state index in [1.807, 2.05) is 54.6 Å². The van der Waals surface area contributed by atoms with Crippen LogP contribution >= 0.6 is 0 Å². The summed E-state index contributed by atoms with van der Waals surface area (Å²) in [4.78, 5) is 13.0. The summed E-state index contributed by atoms with van der Waals surface area (Å²) in [5, 5.41) is 9.53. The highest BCUT2D eigenvalue weighted by molar-refractivity contribution is 5.65. The fourth-order valence-electron chi connectivity index (χ4n) is 4.53. The number of hydrogen-bond acceptors (Lipinski definition) is 5.